The molecule has 0 fully saturated rings. The normalized spacial score (nSPS) is 10.6. The third-order valence-corrected chi connectivity index (χ3v) is 3.40. The summed E-state index contributed by atoms with van der Waals surface area (Å²) in [7, 11) is 2.74. The minimum atomic E-state index is -0.632. The molecule has 0 aliphatic carbocycles. The Bertz CT molecular complexity index is 641. The van der Waals surface area contributed by atoms with E-state index in [-0.39, 0.29) is 24.1 Å². The number of benzene rings is 1. The minimum absolute atomic E-state index is 0.00975. The van der Waals surface area contributed by atoms with E-state index in [0.717, 1.165) is 0 Å². The Morgan fingerprint density at radius 2 is 2.20 bits per heavy atom. The van der Waals surface area contributed by atoms with E-state index >= 15 is 0 Å². The second kappa shape index (κ2) is 6.31. The Balaban J connectivity index is 2.49. The summed E-state index contributed by atoms with van der Waals surface area (Å²) < 4.78 is 28.8. The Morgan fingerprint density at radius 1 is 1.45 bits per heavy atom. The number of esters is 1. The van der Waals surface area contributed by atoms with Gasteiger partial charge in [0, 0.05) is 10.7 Å². The Labute approximate surface area is 128 Å². The predicted octanol–water partition coefficient (Wildman–Crippen LogP) is 3.02. The zero-order chi connectivity index (χ0) is 14.7. The molecule has 7 heteroatoms. The monoisotopic (exact) mass is 391 g/mol. The second-order valence-electron chi connectivity index (χ2n) is 3.84. The van der Waals surface area contributed by atoms with Crippen LogP contribution in [0.25, 0.3) is 11.5 Å². The van der Waals surface area contributed by atoms with Gasteiger partial charge in [0.2, 0.25) is 11.7 Å². The van der Waals surface area contributed by atoms with Crippen molar-refractivity contribution in [2.75, 3.05) is 14.2 Å². The molecule has 0 N–H and O–H groups in total. The fourth-order valence-electron chi connectivity index (χ4n) is 1.62. The Kier molecular flexibility index (Phi) is 4.71. The van der Waals surface area contributed by atoms with Crippen LogP contribution in [-0.2, 0) is 16.1 Å². The molecule has 0 spiro atoms. The van der Waals surface area contributed by atoms with Crippen molar-refractivity contribution < 1.29 is 23.1 Å². The van der Waals surface area contributed by atoms with Crippen molar-refractivity contribution in [2.24, 2.45) is 0 Å². The first kappa shape index (κ1) is 14.9. The molecule has 0 amide bonds. The number of carbonyl (C=O) groups is 1. The van der Waals surface area contributed by atoms with Gasteiger partial charge in [0.05, 0.1) is 19.3 Å². The highest BCUT2D eigenvalue weighted by Crippen LogP contribution is 2.27. The van der Waals surface area contributed by atoms with Crippen molar-refractivity contribution in [2.45, 2.75) is 6.61 Å². The van der Waals surface area contributed by atoms with E-state index in [4.69, 9.17) is 9.15 Å². The van der Waals surface area contributed by atoms with Crippen LogP contribution in [0.5, 0.6) is 0 Å². The van der Waals surface area contributed by atoms with Crippen LogP contribution in [0, 0.1) is 9.39 Å². The minimum Gasteiger partial charge on any atom is -0.463 e. The van der Waals surface area contributed by atoms with Gasteiger partial charge >= 0.3 is 5.97 Å². The van der Waals surface area contributed by atoms with Gasteiger partial charge in [-0.1, -0.05) is 0 Å². The van der Waals surface area contributed by atoms with E-state index < -0.39 is 5.97 Å². The highest BCUT2D eigenvalue weighted by atomic mass is 127. The molecule has 1 heterocycles. The predicted molar refractivity (Wildman–Crippen MR) is 76.7 cm³/mol. The van der Waals surface area contributed by atoms with Crippen molar-refractivity contribution in [1.82, 2.24) is 4.98 Å². The quantitative estimate of drug-likeness (QED) is 0.593. The van der Waals surface area contributed by atoms with Crippen LogP contribution in [0.3, 0.4) is 0 Å². The molecule has 1 aromatic heterocycles. The van der Waals surface area contributed by atoms with Crippen LogP contribution >= 0.6 is 22.6 Å². The highest BCUT2D eigenvalue weighted by molar-refractivity contribution is 14.1. The number of halogens is 2. The summed E-state index contributed by atoms with van der Waals surface area (Å²) in [5.41, 5.74) is 0.939. The SMILES string of the molecule is COCc1nc(-c2ccc(F)cc2I)oc1C(=O)OC. The number of methoxy groups -OCH3 is 2. The van der Waals surface area contributed by atoms with Crippen LogP contribution in [0.4, 0.5) is 4.39 Å². The fourth-order valence-corrected chi connectivity index (χ4v) is 2.32. The Morgan fingerprint density at radius 3 is 2.80 bits per heavy atom. The third kappa shape index (κ3) is 2.98. The van der Waals surface area contributed by atoms with E-state index in [2.05, 4.69) is 9.72 Å². The maximum atomic E-state index is 13.1. The summed E-state index contributed by atoms with van der Waals surface area (Å²) in [6.07, 6.45) is 0. The molecule has 0 aliphatic rings. The van der Waals surface area contributed by atoms with Gasteiger partial charge in [-0.05, 0) is 40.8 Å². The molecule has 0 aliphatic heterocycles. The highest BCUT2D eigenvalue weighted by Gasteiger charge is 2.22. The lowest BCUT2D eigenvalue weighted by Crippen LogP contribution is -2.04. The molecule has 106 valence electrons. The molecular weight excluding hydrogens is 380 g/mol. The van der Waals surface area contributed by atoms with E-state index in [1.54, 1.807) is 6.07 Å². The molecule has 2 rings (SSSR count). The number of oxazole rings is 1. The van der Waals surface area contributed by atoms with Crippen LogP contribution in [-0.4, -0.2) is 25.2 Å². The average molecular weight is 391 g/mol. The average Bonchev–Trinajstić information content (AvgIpc) is 2.82. The molecule has 0 radical (unpaired) electrons. The molecule has 0 atom stereocenters. The van der Waals surface area contributed by atoms with E-state index in [1.807, 2.05) is 22.6 Å². The maximum absolute atomic E-state index is 13.1. The third-order valence-electron chi connectivity index (χ3n) is 2.51. The summed E-state index contributed by atoms with van der Waals surface area (Å²) >= 11 is 1.97. The molecule has 1 aromatic carbocycles. The number of rotatable bonds is 4. The molecule has 0 saturated heterocycles. The van der Waals surface area contributed by atoms with Gasteiger partial charge in [-0.15, -0.1) is 0 Å². The van der Waals surface area contributed by atoms with E-state index in [9.17, 15) is 9.18 Å². The van der Waals surface area contributed by atoms with Crippen molar-refractivity contribution >= 4 is 28.6 Å². The summed E-state index contributed by atoms with van der Waals surface area (Å²) in [6.45, 7) is 0.117. The number of aromatic nitrogens is 1. The van der Waals surface area contributed by atoms with Crippen molar-refractivity contribution in [3.8, 4) is 11.5 Å². The first-order valence-electron chi connectivity index (χ1n) is 5.59. The van der Waals surface area contributed by atoms with Crippen molar-refractivity contribution in [3.63, 3.8) is 0 Å². The molecule has 20 heavy (non-hydrogen) atoms. The summed E-state index contributed by atoms with van der Waals surface area (Å²) in [5, 5.41) is 0. The summed E-state index contributed by atoms with van der Waals surface area (Å²) in [4.78, 5) is 15.8. The number of nitrogens with zero attached hydrogens (tertiary/aromatic N) is 1. The van der Waals surface area contributed by atoms with Crippen LogP contribution in [0.2, 0.25) is 0 Å². The van der Waals surface area contributed by atoms with Crippen molar-refractivity contribution in [3.05, 3.63) is 39.0 Å². The Hall–Kier alpha value is -1.48. The number of ether oxygens (including phenoxy) is 2. The van der Waals surface area contributed by atoms with Gasteiger partial charge in [0.15, 0.2) is 0 Å². The topological polar surface area (TPSA) is 61.6 Å². The van der Waals surface area contributed by atoms with Gasteiger partial charge in [-0.25, -0.2) is 14.2 Å². The zero-order valence-corrected chi connectivity index (χ0v) is 12.9. The zero-order valence-electron chi connectivity index (χ0n) is 10.8. The molecular formula is C13H11FINO4. The van der Waals surface area contributed by atoms with Gasteiger partial charge in [-0.2, -0.15) is 0 Å². The first-order chi connectivity index (χ1) is 9.56. The standard InChI is InChI=1S/C13H11FINO4/c1-18-6-10-11(13(17)19-2)20-12(16-10)8-4-3-7(14)5-9(8)15/h3-5H,6H2,1-2H3. The van der Waals surface area contributed by atoms with Gasteiger partial charge in [0.25, 0.3) is 0 Å². The first-order valence-corrected chi connectivity index (χ1v) is 6.67. The second-order valence-corrected chi connectivity index (χ2v) is 5.01. The largest absolute Gasteiger partial charge is 0.463 e. The molecule has 0 bridgehead atoms. The summed E-state index contributed by atoms with van der Waals surface area (Å²) in [5.74, 6) is -0.769. The maximum Gasteiger partial charge on any atom is 0.376 e. The lowest BCUT2D eigenvalue weighted by Gasteiger charge is -1.99. The van der Waals surface area contributed by atoms with Crippen LogP contribution in [0.15, 0.2) is 22.6 Å². The van der Waals surface area contributed by atoms with Crippen molar-refractivity contribution in [1.29, 1.82) is 0 Å². The van der Waals surface area contributed by atoms with E-state index in [1.165, 1.54) is 26.4 Å². The van der Waals surface area contributed by atoms with Gasteiger partial charge < -0.3 is 13.9 Å². The lowest BCUT2D eigenvalue weighted by molar-refractivity contribution is 0.0559. The fraction of sp³-hybridized carbons (Fsp3) is 0.231. The molecule has 2 aromatic rings. The van der Waals surface area contributed by atoms with Gasteiger partial charge in [-0.3, -0.25) is 0 Å². The molecule has 0 saturated carbocycles. The van der Waals surface area contributed by atoms with Crippen LogP contribution < -0.4 is 0 Å². The molecule has 5 nitrogen and oxygen atoms in total. The molecule has 0 unspecified atom stereocenters. The smallest absolute Gasteiger partial charge is 0.376 e. The summed E-state index contributed by atoms with van der Waals surface area (Å²) in [6, 6.07) is 4.20. The number of hydrogen-bond donors (Lipinski definition) is 0. The number of hydrogen-bond acceptors (Lipinski definition) is 5. The van der Waals surface area contributed by atoms with E-state index in [0.29, 0.717) is 14.8 Å². The van der Waals surface area contributed by atoms with Crippen LogP contribution in [0.1, 0.15) is 16.2 Å². The number of carbonyl (C=O) groups excluding carboxylic acids is 1. The lowest BCUT2D eigenvalue weighted by atomic mass is 10.2. The van der Waals surface area contributed by atoms with Gasteiger partial charge in [0.1, 0.15) is 11.5 Å².